The zero-order chi connectivity index (χ0) is 24.3. The summed E-state index contributed by atoms with van der Waals surface area (Å²) in [7, 11) is 1.57. The van der Waals surface area contributed by atoms with E-state index in [1.165, 1.54) is 12.1 Å². The first-order valence-corrected chi connectivity index (χ1v) is 11.4. The van der Waals surface area contributed by atoms with Crippen molar-refractivity contribution in [1.29, 1.82) is 5.26 Å². The molecule has 0 radical (unpaired) electrons. The molecule has 2 heterocycles. The Morgan fingerprint density at radius 1 is 1.21 bits per heavy atom. The van der Waals surface area contributed by atoms with Crippen molar-refractivity contribution in [2.45, 2.75) is 39.3 Å². The van der Waals surface area contributed by atoms with Crippen molar-refractivity contribution in [2.24, 2.45) is 23.7 Å². The van der Waals surface area contributed by atoms with Crippen molar-refractivity contribution < 1.29 is 22.8 Å². The predicted molar refractivity (Wildman–Crippen MR) is 118 cm³/mol. The minimum absolute atomic E-state index is 0.0164. The molecule has 2 saturated heterocycles. The summed E-state index contributed by atoms with van der Waals surface area (Å²) in [5.41, 5.74) is -1.01. The summed E-state index contributed by atoms with van der Waals surface area (Å²) in [6.07, 6.45) is -2.56. The third-order valence-electron chi connectivity index (χ3n) is 6.82. The van der Waals surface area contributed by atoms with Crippen LogP contribution in [0.4, 0.5) is 18.9 Å². The molecule has 3 rings (SSSR count). The van der Waals surface area contributed by atoms with Gasteiger partial charge in [-0.1, -0.05) is 13.8 Å². The number of carbonyl (C=O) groups excluding carboxylic acids is 2. The highest BCUT2D eigenvalue weighted by Gasteiger charge is 2.43. The van der Waals surface area contributed by atoms with Gasteiger partial charge in [-0.3, -0.25) is 9.59 Å². The number of nitriles is 1. The van der Waals surface area contributed by atoms with Gasteiger partial charge in [-0.05, 0) is 48.8 Å². The SMILES string of the molecule is CNC(=O)[C@@H]1CN(c2ccc(C#N)c(C(F)(F)F)c2)C[C@H]1C1CCN(C(=O)CC(C)C)CC1. The summed E-state index contributed by atoms with van der Waals surface area (Å²) < 4.78 is 40.3. The summed E-state index contributed by atoms with van der Waals surface area (Å²) in [4.78, 5) is 28.7. The number of halogens is 3. The van der Waals surface area contributed by atoms with E-state index in [0.717, 1.165) is 18.9 Å². The normalized spacial score (nSPS) is 21.9. The fourth-order valence-electron chi connectivity index (χ4n) is 5.10. The van der Waals surface area contributed by atoms with Gasteiger partial charge in [0.15, 0.2) is 0 Å². The van der Waals surface area contributed by atoms with Gasteiger partial charge in [-0.25, -0.2) is 0 Å². The number of alkyl halides is 3. The van der Waals surface area contributed by atoms with E-state index in [-0.39, 0.29) is 29.6 Å². The number of likely N-dealkylation sites (tertiary alicyclic amines) is 1. The highest BCUT2D eigenvalue weighted by atomic mass is 19.4. The van der Waals surface area contributed by atoms with E-state index in [1.54, 1.807) is 13.1 Å². The lowest BCUT2D eigenvalue weighted by atomic mass is 9.78. The van der Waals surface area contributed by atoms with Crippen LogP contribution in [0, 0.1) is 35.0 Å². The summed E-state index contributed by atoms with van der Waals surface area (Å²) in [5.74, 6) is 0.174. The first kappa shape index (κ1) is 24.9. The lowest BCUT2D eigenvalue weighted by molar-refractivity contribution is -0.137. The summed E-state index contributed by atoms with van der Waals surface area (Å²) in [6, 6.07) is 5.33. The van der Waals surface area contributed by atoms with Crippen molar-refractivity contribution in [3.8, 4) is 6.07 Å². The standard InChI is InChI=1S/C24H31F3N4O2/c1-15(2)10-22(32)30-8-6-16(7-9-30)19-13-31(14-20(19)23(33)29-3)18-5-4-17(12-28)21(11-18)24(25,26)27/h4-5,11,15-16,19-20H,6-10,13-14H2,1-3H3,(H,29,33)/t19-,20+/m0/s1. The van der Waals surface area contributed by atoms with Crippen molar-refractivity contribution in [1.82, 2.24) is 10.2 Å². The van der Waals surface area contributed by atoms with Gasteiger partial charge in [0.1, 0.15) is 0 Å². The van der Waals surface area contributed by atoms with Crippen LogP contribution in [0.15, 0.2) is 18.2 Å². The predicted octanol–water partition coefficient (Wildman–Crippen LogP) is 3.66. The van der Waals surface area contributed by atoms with Crippen LogP contribution in [-0.4, -0.2) is 49.9 Å². The molecule has 6 nitrogen and oxygen atoms in total. The number of benzene rings is 1. The number of hydrogen-bond donors (Lipinski definition) is 1. The van der Waals surface area contributed by atoms with Crippen molar-refractivity contribution >= 4 is 17.5 Å². The van der Waals surface area contributed by atoms with E-state index >= 15 is 0 Å². The van der Waals surface area contributed by atoms with Gasteiger partial charge in [0, 0.05) is 45.3 Å². The molecule has 2 aliphatic heterocycles. The molecule has 2 aliphatic rings. The molecule has 9 heteroatoms. The summed E-state index contributed by atoms with van der Waals surface area (Å²) in [6.45, 7) is 6.09. The monoisotopic (exact) mass is 464 g/mol. The molecule has 1 N–H and O–H groups in total. The average Bonchev–Trinajstić information content (AvgIpc) is 3.22. The van der Waals surface area contributed by atoms with Crippen LogP contribution in [0.3, 0.4) is 0 Å². The van der Waals surface area contributed by atoms with Crippen LogP contribution in [-0.2, 0) is 15.8 Å². The smallest absolute Gasteiger partial charge is 0.370 e. The number of anilines is 1. The molecule has 1 aromatic rings. The molecule has 0 unspecified atom stereocenters. The van der Waals surface area contributed by atoms with Gasteiger partial charge < -0.3 is 15.1 Å². The van der Waals surface area contributed by atoms with Gasteiger partial charge in [0.2, 0.25) is 11.8 Å². The zero-order valence-electron chi connectivity index (χ0n) is 19.3. The number of amides is 2. The quantitative estimate of drug-likeness (QED) is 0.722. The number of piperidine rings is 1. The molecular formula is C24H31F3N4O2. The maximum absolute atomic E-state index is 13.4. The van der Waals surface area contributed by atoms with Crippen molar-refractivity contribution in [2.75, 3.05) is 38.1 Å². The maximum Gasteiger partial charge on any atom is 0.417 e. The van der Waals surface area contributed by atoms with Crippen molar-refractivity contribution in [3.63, 3.8) is 0 Å². The van der Waals surface area contributed by atoms with Crippen LogP contribution < -0.4 is 10.2 Å². The molecule has 1 aromatic carbocycles. The third-order valence-corrected chi connectivity index (χ3v) is 6.82. The molecule has 0 saturated carbocycles. The molecule has 0 aliphatic carbocycles. The minimum atomic E-state index is -4.63. The fourth-order valence-corrected chi connectivity index (χ4v) is 5.10. The van der Waals surface area contributed by atoms with Crippen LogP contribution in [0.2, 0.25) is 0 Å². The first-order chi connectivity index (χ1) is 15.5. The third kappa shape index (κ3) is 5.60. The van der Waals surface area contributed by atoms with E-state index < -0.39 is 17.3 Å². The molecule has 180 valence electrons. The molecular weight excluding hydrogens is 433 g/mol. The topological polar surface area (TPSA) is 76.4 Å². The summed E-state index contributed by atoms with van der Waals surface area (Å²) in [5, 5.41) is 11.8. The highest BCUT2D eigenvalue weighted by molar-refractivity contribution is 5.80. The van der Waals surface area contributed by atoms with Gasteiger partial charge >= 0.3 is 6.18 Å². The lowest BCUT2D eigenvalue weighted by Crippen LogP contribution is -2.43. The first-order valence-electron chi connectivity index (χ1n) is 11.4. The Morgan fingerprint density at radius 3 is 2.42 bits per heavy atom. The van der Waals surface area contributed by atoms with Gasteiger partial charge in [0.05, 0.1) is 23.1 Å². The lowest BCUT2D eigenvalue weighted by Gasteiger charge is -2.36. The Hall–Kier alpha value is -2.76. The second kappa shape index (κ2) is 10.0. The Balaban J connectivity index is 1.77. The molecule has 0 aromatic heterocycles. The number of nitrogens with one attached hydrogen (secondary N) is 1. The van der Waals surface area contributed by atoms with E-state index in [0.29, 0.717) is 44.2 Å². The Labute approximate surface area is 192 Å². The van der Waals surface area contributed by atoms with Gasteiger partial charge in [0.25, 0.3) is 0 Å². The second-order valence-electron chi connectivity index (χ2n) is 9.45. The highest BCUT2D eigenvalue weighted by Crippen LogP contribution is 2.40. The molecule has 2 atom stereocenters. The molecule has 0 spiro atoms. The van der Waals surface area contributed by atoms with Crippen LogP contribution >= 0.6 is 0 Å². The number of hydrogen-bond acceptors (Lipinski definition) is 4. The summed E-state index contributed by atoms with van der Waals surface area (Å²) >= 11 is 0. The maximum atomic E-state index is 13.4. The van der Waals surface area contributed by atoms with E-state index in [4.69, 9.17) is 5.26 Å². The second-order valence-corrected chi connectivity index (χ2v) is 9.45. The zero-order valence-corrected chi connectivity index (χ0v) is 19.3. The van der Waals surface area contributed by atoms with Crippen molar-refractivity contribution in [3.05, 3.63) is 29.3 Å². The molecule has 2 amide bonds. The van der Waals surface area contributed by atoms with E-state index in [2.05, 4.69) is 5.32 Å². The van der Waals surface area contributed by atoms with Gasteiger partial charge in [-0.2, -0.15) is 18.4 Å². The molecule has 0 bridgehead atoms. The Kier molecular flexibility index (Phi) is 7.55. The van der Waals surface area contributed by atoms with E-state index in [1.807, 2.05) is 23.6 Å². The molecule has 33 heavy (non-hydrogen) atoms. The Morgan fingerprint density at radius 2 is 1.88 bits per heavy atom. The number of nitrogens with zero attached hydrogens (tertiary/aromatic N) is 3. The van der Waals surface area contributed by atoms with E-state index in [9.17, 15) is 22.8 Å². The number of rotatable bonds is 5. The minimum Gasteiger partial charge on any atom is -0.370 e. The number of carbonyl (C=O) groups is 2. The Bertz CT molecular complexity index is 917. The fraction of sp³-hybridized carbons (Fsp3) is 0.625. The van der Waals surface area contributed by atoms with Gasteiger partial charge in [-0.15, -0.1) is 0 Å². The van der Waals surface area contributed by atoms with Crippen LogP contribution in [0.25, 0.3) is 0 Å². The largest absolute Gasteiger partial charge is 0.417 e. The van der Waals surface area contributed by atoms with Crippen LogP contribution in [0.1, 0.15) is 44.2 Å². The average molecular weight is 465 g/mol. The molecule has 2 fully saturated rings. The van der Waals surface area contributed by atoms with Crippen LogP contribution in [0.5, 0.6) is 0 Å².